The number of halogens is 1. The van der Waals surface area contributed by atoms with E-state index < -0.39 is 0 Å². The third-order valence-corrected chi connectivity index (χ3v) is 2.80. The molecule has 20 heavy (non-hydrogen) atoms. The van der Waals surface area contributed by atoms with Gasteiger partial charge in [-0.1, -0.05) is 67.2 Å². The van der Waals surface area contributed by atoms with Gasteiger partial charge in [-0.05, 0) is 22.6 Å². The molecule has 3 nitrogen and oxygen atoms in total. The van der Waals surface area contributed by atoms with E-state index in [2.05, 4.69) is 39.2 Å². The lowest BCUT2D eigenvalue weighted by Crippen LogP contribution is -2.16. The van der Waals surface area contributed by atoms with E-state index in [0.717, 1.165) is 11.1 Å². The van der Waals surface area contributed by atoms with Gasteiger partial charge in [-0.3, -0.25) is 0 Å². The van der Waals surface area contributed by atoms with Crippen molar-refractivity contribution in [1.82, 2.24) is 0 Å². The van der Waals surface area contributed by atoms with Gasteiger partial charge in [0.1, 0.15) is 5.84 Å². The molecule has 0 atom stereocenters. The lowest BCUT2D eigenvalue weighted by atomic mass is 10.2. The van der Waals surface area contributed by atoms with E-state index in [-0.39, 0.29) is 0 Å². The van der Waals surface area contributed by atoms with Crippen molar-refractivity contribution in [3.63, 3.8) is 0 Å². The van der Waals surface area contributed by atoms with Gasteiger partial charge in [-0.2, -0.15) is 0 Å². The first-order chi connectivity index (χ1) is 9.66. The molecule has 0 saturated heterocycles. The van der Waals surface area contributed by atoms with Crippen molar-refractivity contribution in [3.05, 3.63) is 82.1 Å². The minimum Gasteiger partial charge on any atom is -0.383 e. The Hall–Kier alpha value is -1.95. The molecule has 0 spiro atoms. The fourth-order valence-electron chi connectivity index (χ4n) is 1.64. The fraction of sp³-hybridized carbons (Fsp3) is 0. The number of benzene rings is 2. The summed E-state index contributed by atoms with van der Waals surface area (Å²) in [5, 5.41) is 0. The normalized spacial score (nSPS) is 12.2. The van der Waals surface area contributed by atoms with Gasteiger partial charge in [0.2, 0.25) is 0 Å². The van der Waals surface area contributed by atoms with Gasteiger partial charge >= 0.3 is 0 Å². The highest BCUT2D eigenvalue weighted by Gasteiger charge is 2.04. The van der Waals surface area contributed by atoms with Crippen LogP contribution in [0.5, 0.6) is 0 Å². The highest BCUT2D eigenvalue weighted by atomic mass is 127. The Morgan fingerprint density at radius 1 is 0.850 bits per heavy atom. The molecule has 2 N–H and O–H groups in total. The second kappa shape index (κ2) is 7.00. The van der Waals surface area contributed by atoms with Gasteiger partial charge in [-0.25, -0.2) is 9.98 Å². The maximum absolute atomic E-state index is 6.05. The lowest BCUT2D eigenvalue weighted by Gasteiger charge is -2.04. The maximum Gasteiger partial charge on any atom is 0.162 e. The number of aliphatic imine (C=N–C) groups is 2. The van der Waals surface area contributed by atoms with E-state index in [0.29, 0.717) is 15.4 Å². The van der Waals surface area contributed by atoms with Gasteiger partial charge < -0.3 is 5.73 Å². The summed E-state index contributed by atoms with van der Waals surface area (Å²) < 4.78 is 0.658. The molecule has 0 aromatic heterocycles. The SMILES string of the molecule is C=C(I)N=C(N=C(N)c1ccccc1)c1ccccc1. The third-order valence-electron chi connectivity index (χ3n) is 2.56. The quantitative estimate of drug-likeness (QED) is 0.378. The van der Waals surface area contributed by atoms with Gasteiger partial charge in [0.05, 0.1) is 3.70 Å². The molecule has 100 valence electrons. The second-order valence-electron chi connectivity index (χ2n) is 4.04. The smallest absolute Gasteiger partial charge is 0.162 e. The Balaban J connectivity index is 2.42. The molecule has 2 aromatic rings. The Morgan fingerprint density at radius 2 is 1.35 bits per heavy atom. The van der Waals surface area contributed by atoms with Crippen molar-refractivity contribution in [2.45, 2.75) is 0 Å². The highest BCUT2D eigenvalue weighted by Crippen LogP contribution is 2.11. The van der Waals surface area contributed by atoms with E-state index in [9.17, 15) is 0 Å². The first-order valence-electron chi connectivity index (χ1n) is 6.05. The van der Waals surface area contributed by atoms with Crippen LogP contribution in [0.25, 0.3) is 0 Å². The predicted molar refractivity (Wildman–Crippen MR) is 93.3 cm³/mol. The van der Waals surface area contributed by atoms with Crippen LogP contribution < -0.4 is 5.73 Å². The first kappa shape index (κ1) is 14.5. The molecule has 0 heterocycles. The van der Waals surface area contributed by atoms with Crippen LogP contribution in [0.3, 0.4) is 0 Å². The zero-order valence-corrected chi connectivity index (χ0v) is 13.0. The van der Waals surface area contributed by atoms with E-state index in [1.807, 2.05) is 60.7 Å². The molecule has 0 aliphatic rings. The Bertz CT molecular complexity index is 646. The molecule has 4 heteroatoms. The molecular weight excluding hydrogens is 361 g/mol. The molecule has 0 saturated carbocycles. The third kappa shape index (κ3) is 4.03. The van der Waals surface area contributed by atoms with Crippen LogP contribution in [0, 0.1) is 0 Å². The van der Waals surface area contributed by atoms with Gasteiger partial charge in [0.15, 0.2) is 5.84 Å². The minimum absolute atomic E-state index is 0.436. The molecule has 0 fully saturated rings. The van der Waals surface area contributed by atoms with Crippen LogP contribution in [-0.4, -0.2) is 11.7 Å². The van der Waals surface area contributed by atoms with Gasteiger partial charge in [0, 0.05) is 11.1 Å². The molecular formula is C16H14IN3. The van der Waals surface area contributed by atoms with E-state index >= 15 is 0 Å². The van der Waals surface area contributed by atoms with E-state index in [1.54, 1.807) is 0 Å². The van der Waals surface area contributed by atoms with Crippen LogP contribution in [-0.2, 0) is 0 Å². The van der Waals surface area contributed by atoms with E-state index in [4.69, 9.17) is 5.73 Å². The highest BCUT2D eigenvalue weighted by molar-refractivity contribution is 14.1. The number of hydrogen-bond donors (Lipinski definition) is 1. The van der Waals surface area contributed by atoms with Gasteiger partial charge in [0.25, 0.3) is 0 Å². The maximum atomic E-state index is 6.05. The topological polar surface area (TPSA) is 50.7 Å². The standard InChI is InChI=1S/C16H14IN3/c1-12(17)19-16(14-10-6-3-7-11-14)20-15(18)13-8-4-2-5-9-13/h2-11H,1H2,(H2,18,19,20). The number of nitrogens with two attached hydrogens (primary N) is 1. The Morgan fingerprint density at radius 3 is 1.85 bits per heavy atom. The summed E-state index contributed by atoms with van der Waals surface area (Å²) in [6.07, 6.45) is 0. The van der Waals surface area contributed by atoms with Crippen molar-refractivity contribution in [2.24, 2.45) is 15.7 Å². The fourth-order valence-corrected chi connectivity index (χ4v) is 1.87. The molecule has 0 amide bonds. The summed E-state index contributed by atoms with van der Waals surface area (Å²) in [5.41, 5.74) is 7.82. The molecule has 0 bridgehead atoms. The average molecular weight is 375 g/mol. The van der Waals surface area contributed by atoms with E-state index in [1.165, 1.54) is 0 Å². The summed E-state index contributed by atoms with van der Waals surface area (Å²) >= 11 is 2.05. The van der Waals surface area contributed by atoms with Crippen molar-refractivity contribution >= 4 is 34.3 Å². The van der Waals surface area contributed by atoms with Crippen LogP contribution in [0.2, 0.25) is 0 Å². The van der Waals surface area contributed by atoms with Crippen LogP contribution >= 0.6 is 22.6 Å². The van der Waals surface area contributed by atoms with Crippen LogP contribution in [0.1, 0.15) is 11.1 Å². The molecule has 2 aromatic carbocycles. The molecule has 0 aliphatic heterocycles. The number of nitrogens with zero attached hydrogens (tertiary/aromatic N) is 2. The average Bonchev–Trinajstić information content (AvgIpc) is 2.48. The molecule has 0 radical (unpaired) electrons. The number of rotatable bonds is 3. The van der Waals surface area contributed by atoms with Crippen molar-refractivity contribution in [1.29, 1.82) is 0 Å². The van der Waals surface area contributed by atoms with Crippen molar-refractivity contribution < 1.29 is 0 Å². The van der Waals surface area contributed by atoms with Crippen LogP contribution in [0.4, 0.5) is 0 Å². The molecule has 2 rings (SSSR count). The monoisotopic (exact) mass is 375 g/mol. The number of hydrogen-bond acceptors (Lipinski definition) is 1. The summed E-state index contributed by atoms with van der Waals surface area (Å²) in [6, 6.07) is 19.3. The Labute approximate surface area is 132 Å². The minimum atomic E-state index is 0.436. The summed E-state index contributed by atoms with van der Waals surface area (Å²) in [5.74, 6) is 0.997. The summed E-state index contributed by atoms with van der Waals surface area (Å²) in [4.78, 5) is 8.79. The zero-order valence-electron chi connectivity index (χ0n) is 10.8. The van der Waals surface area contributed by atoms with Gasteiger partial charge in [-0.15, -0.1) is 0 Å². The lowest BCUT2D eigenvalue weighted by molar-refractivity contribution is 1.43. The zero-order chi connectivity index (χ0) is 14.4. The van der Waals surface area contributed by atoms with Crippen LogP contribution in [0.15, 0.2) is 80.9 Å². The second-order valence-corrected chi connectivity index (χ2v) is 5.29. The molecule has 0 aliphatic carbocycles. The largest absolute Gasteiger partial charge is 0.383 e. The number of amidine groups is 2. The molecule has 0 unspecified atom stereocenters. The summed E-state index contributed by atoms with van der Waals surface area (Å²) in [6.45, 7) is 3.79. The van der Waals surface area contributed by atoms with Crippen molar-refractivity contribution in [2.75, 3.05) is 0 Å². The van der Waals surface area contributed by atoms with Crippen molar-refractivity contribution in [3.8, 4) is 0 Å². The Kier molecular flexibility index (Phi) is 5.06. The predicted octanol–water partition coefficient (Wildman–Crippen LogP) is 3.74. The first-order valence-corrected chi connectivity index (χ1v) is 7.13. The summed E-state index contributed by atoms with van der Waals surface area (Å²) in [7, 11) is 0.